The van der Waals surface area contributed by atoms with Gasteiger partial charge in [-0.1, -0.05) is 115 Å². The van der Waals surface area contributed by atoms with Crippen LogP contribution in [0.1, 0.15) is 149 Å². The smallest absolute Gasteiger partial charge is 0.472 e. The van der Waals surface area contributed by atoms with E-state index in [1.165, 1.54) is 51.4 Å². The summed E-state index contributed by atoms with van der Waals surface area (Å²) in [4.78, 5) is 33.3. The highest BCUT2D eigenvalue weighted by molar-refractivity contribution is 7.47. The molecular weight excluding hydrogens is 633 g/mol. The van der Waals surface area contributed by atoms with Crippen molar-refractivity contribution < 1.29 is 42.7 Å². The molecule has 0 rings (SSSR count). The summed E-state index contributed by atoms with van der Waals surface area (Å²) in [6, 6.07) is -1.47. The number of aliphatic carboxylic acids is 1. The number of ether oxygens (including phenoxy) is 2. The van der Waals surface area contributed by atoms with Crippen molar-refractivity contribution in [1.29, 1.82) is 0 Å². The van der Waals surface area contributed by atoms with Gasteiger partial charge in [0.2, 0.25) is 0 Å². The zero-order chi connectivity index (χ0) is 35.6. The van der Waals surface area contributed by atoms with E-state index < -0.39 is 45.1 Å². The number of allylic oxidation sites excluding steroid dienone is 6. The Balaban J connectivity index is 4.35. The summed E-state index contributed by atoms with van der Waals surface area (Å²) in [5, 5.41) is 8.85. The van der Waals surface area contributed by atoms with Crippen LogP contribution in [0.3, 0.4) is 0 Å². The van der Waals surface area contributed by atoms with Gasteiger partial charge in [0, 0.05) is 13.0 Å². The summed E-state index contributed by atoms with van der Waals surface area (Å²) in [6.07, 6.45) is 34.8. The molecule has 0 radical (unpaired) electrons. The van der Waals surface area contributed by atoms with Crippen LogP contribution < -0.4 is 5.73 Å². The topological polar surface area (TPSA) is 155 Å². The second-order valence-electron chi connectivity index (χ2n) is 12.3. The third-order valence-electron chi connectivity index (χ3n) is 7.62. The van der Waals surface area contributed by atoms with Gasteiger partial charge >= 0.3 is 19.8 Å². The van der Waals surface area contributed by atoms with Crippen LogP contribution in [-0.4, -0.2) is 60.5 Å². The van der Waals surface area contributed by atoms with E-state index in [9.17, 15) is 19.0 Å². The summed E-state index contributed by atoms with van der Waals surface area (Å²) in [7, 11) is -4.61. The van der Waals surface area contributed by atoms with Crippen molar-refractivity contribution in [2.45, 2.75) is 161 Å². The predicted molar refractivity (Wildman–Crippen MR) is 194 cm³/mol. The number of hydrogen-bond acceptors (Lipinski definition) is 8. The van der Waals surface area contributed by atoms with E-state index in [0.717, 1.165) is 70.6 Å². The Morgan fingerprint density at radius 1 is 0.667 bits per heavy atom. The van der Waals surface area contributed by atoms with E-state index in [2.05, 4.69) is 54.8 Å². The van der Waals surface area contributed by atoms with Crippen LogP contribution in [0.5, 0.6) is 0 Å². The van der Waals surface area contributed by atoms with E-state index in [0.29, 0.717) is 13.0 Å². The summed E-state index contributed by atoms with van der Waals surface area (Å²) >= 11 is 0. The fraction of sp³-hybridized carbons (Fsp3) is 0.784. The number of hydrogen-bond donors (Lipinski definition) is 3. The quantitative estimate of drug-likeness (QED) is 0.0252. The zero-order valence-corrected chi connectivity index (χ0v) is 31.0. The van der Waals surface area contributed by atoms with Crippen LogP contribution in [0.25, 0.3) is 0 Å². The second kappa shape index (κ2) is 33.7. The number of nitrogens with two attached hydrogens (primary N) is 1. The van der Waals surface area contributed by atoms with Gasteiger partial charge in [0.1, 0.15) is 12.1 Å². The molecule has 0 aliphatic rings. The molecule has 0 heterocycles. The molecule has 0 aromatic carbocycles. The number of unbranched alkanes of at least 4 members (excludes halogenated alkanes) is 15. The SMILES string of the molecule is CCC/C=C\CCCCCCCCOCC(COP(=O)(O)OCC(N)C(=O)O)OC(=O)CCCCCCC/C=C\C/C=C\CCCCC. The van der Waals surface area contributed by atoms with Crippen LogP contribution in [-0.2, 0) is 32.7 Å². The first-order chi connectivity index (χ1) is 23.2. The van der Waals surface area contributed by atoms with Gasteiger partial charge in [0.15, 0.2) is 0 Å². The Morgan fingerprint density at radius 2 is 1.19 bits per heavy atom. The maximum Gasteiger partial charge on any atom is 0.472 e. The Hall–Kier alpha value is -1.81. The first-order valence-corrected chi connectivity index (χ1v) is 20.0. The van der Waals surface area contributed by atoms with Gasteiger partial charge in [-0.15, -0.1) is 0 Å². The molecule has 48 heavy (non-hydrogen) atoms. The van der Waals surface area contributed by atoms with E-state index in [1.807, 2.05) is 0 Å². The molecule has 0 spiro atoms. The maximum atomic E-state index is 12.5. The molecule has 0 saturated heterocycles. The van der Waals surface area contributed by atoms with Gasteiger partial charge < -0.3 is 25.2 Å². The molecule has 0 aromatic heterocycles. The van der Waals surface area contributed by atoms with Crippen molar-refractivity contribution in [3.63, 3.8) is 0 Å². The monoisotopic (exact) mass is 701 g/mol. The number of phosphoric ester groups is 1. The summed E-state index contributed by atoms with van der Waals surface area (Å²) in [5.74, 6) is -1.80. The Bertz CT molecular complexity index is 909. The van der Waals surface area contributed by atoms with Crippen LogP contribution >= 0.6 is 7.82 Å². The number of carbonyl (C=O) groups excluding carboxylic acids is 1. The molecule has 0 aromatic rings. The molecule has 11 heteroatoms. The number of carboxylic acids is 1. The van der Waals surface area contributed by atoms with Gasteiger partial charge in [0.05, 0.1) is 19.8 Å². The van der Waals surface area contributed by atoms with Crippen molar-refractivity contribution in [3.8, 4) is 0 Å². The first kappa shape index (κ1) is 46.2. The lowest BCUT2D eigenvalue weighted by molar-refractivity contribution is -0.154. The molecule has 4 N–H and O–H groups in total. The molecule has 0 bridgehead atoms. The normalized spacial score (nSPS) is 14.6. The van der Waals surface area contributed by atoms with Crippen molar-refractivity contribution in [2.24, 2.45) is 5.73 Å². The van der Waals surface area contributed by atoms with E-state index in [-0.39, 0.29) is 13.0 Å². The molecule has 0 amide bonds. The third kappa shape index (κ3) is 32.7. The maximum absolute atomic E-state index is 12.5. The summed E-state index contributed by atoms with van der Waals surface area (Å²) < 4.78 is 33.1. The average Bonchev–Trinajstić information content (AvgIpc) is 3.06. The highest BCUT2D eigenvalue weighted by atomic mass is 31.2. The number of rotatable bonds is 35. The molecule has 10 nitrogen and oxygen atoms in total. The Morgan fingerprint density at radius 3 is 1.79 bits per heavy atom. The molecule has 0 aliphatic carbocycles. The average molecular weight is 702 g/mol. The number of phosphoric acid groups is 1. The van der Waals surface area contributed by atoms with Crippen LogP contribution in [0.4, 0.5) is 0 Å². The van der Waals surface area contributed by atoms with Crippen molar-refractivity contribution in [2.75, 3.05) is 26.4 Å². The molecule has 280 valence electrons. The Kier molecular flexibility index (Phi) is 32.4. The van der Waals surface area contributed by atoms with Gasteiger partial charge in [-0.05, 0) is 64.2 Å². The molecule has 0 saturated carbocycles. The van der Waals surface area contributed by atoms with E-state index >= 15 is 0 Å². The highest BCUT2D eigenvalue weighted by Crippen LogP contribution is 2.43. The minimum absolute atomic E-state index is 0.00659. The van der Waals surface area contributed by atoms with Crippen LogP contribution in [0.15, 0.2) is 36.5 Å². The van der Waals surface area contributed by atoms with Crippen molar-refractivity contribution in [1.82, 2.24) is 0 Å². The van der Waals surface area contributed by atoms with Crippen LogP contribution in [0, 0.1) is 0 Å². The lowest BCUT2D eigenvalue weighted by Gasteiger charge is -2.20. The predicted octanol–water partition coefficient (Wildman–Crippen LogP) is 9.36. The second-order valence-corrected chi connectivity index (χ2v) is 13.8. The minimum Gasteiger partial charge on any atom is -0.480 e. The van der Waals surface area contributed by atoms with Gasteiger partial charge in [-0.25, -0.2) is 4.57 Å². The summed E-state index contributed by atoms with van der Waals surface area (Å²) in [6.45, 7) is 3.74. The zero-order valence-electron chi connectivity index (χ0n) is 30.1. The molecule has 0 aliphatic heterocycles. The fourth-order valence-electron chi connectivity index (χ4n) is 4.69. The molecular formula is C37H68NO9P. The van der Waals surface area contributed by atoms with Gasteiger partial charge in [-0.2, -0.15) is 0 Å². The van der Waals surface area contributed by atoms with Gasteiger partial charge in [0.25, 0.3) is 0 Å². The van der Waals surface area contributed by atoms with Crippen molar-refractivity contribution in [3.05, 3.63) is 36.5 Å². The third-order valence-corrected chi connectivity index (χ3v) is 8.57. The Labute approximate surface area is 291 Å². The number of esters is 1. The first-order valence-electron chi connectivity index (χ1n) is 18.5. The largest absolute Gasteiger partial charge is 0.480 e. The lowest BCUT2D eigenvalue weighted by Crippen LogP contribution is -2.34. The standard InChI is InChI=1S/C37H68NO9P/c1-3-5-7-9-11-13-15-16-17-18-19-21-23-25-27-29-36(39)47-34(32-45-48(42,43)46-33-35(38)37(40)41)31-44-30-28-26-24-22-20-14-12-10-8-6-4-2/h8,10-11,13,16-17,34-35H,3-7,9,12,14-15,18-33,38H2,1-2H3,(H,40,41)(H,42,43)/b10-8-,13-11-,17-16-. The van der Waals surface area contributed by atoms with E-state index in [4.69, 9.17) is 24.8 Å². The fourth-order valence-corrected chi connectivity index (χ4v) is 5.47. The number of carboxylic acid groups (broad SMARTS) is 1. The van der Waals surface area contributed by atoms with Gasteiger partial charge in [-0.3, -0.25) is 18.6 Å². The molecule has 0 fully saturated rings. The number of carbonyl (C=O) groups is 2. The molecule has 3 atom stereocenters. The molecule has 3 unspecified atom stereocenters. The minimum atomic E-state index is -4.61. The lowest BCUT2D eigenvalue weighted by atomic mass is 10.1. The van der Waals surface area contributed by atoms with Crippen molar-refractivity contribution >= 4 is 19.8 Å². The van der Waals surface area contributed by atoms with E-state index in [1.54, 1.807) is 0 Å². The summed E-state index contributed by atoms with van der Waals surface area (Å²) in [5.41, 5.74) is 5.33. The highest BCUT2D eigenvalue weighted by Gasteiger charge is 2.27. The van der Waals surface area contributed by atoms with Crippen LogP contribution in [0.2, 0.25) is 0 Å².